The van der Waals surface area contributed by atoms with E-state index in [0.29, 0.717) is 0 Å². The van der Waals surface area contributed by atoms with E-state index in [1.165, 1.54) is 32.4 Å². The first-order chi connectivity index (χ1) is 9.51. The summed E-state index contributed by atoms with van der Waals surface area (Å²) >= 11 is 0. The molecule has 1 aromatic rings. The number of rotatable bonds is 4. The number of likely N-dealkylation sites (N-methyl/N-ethyl adjacent to an activating group) is 1. The third-order valence-corrected chi connectivity index (χ3v) is 4.72. The number of nitrogens with two attached hydrogens (primary N) is 1. The molecule has 0 bridgehead atoms. The Morgan fingerprint density at radius 2 is 1.90 bits per heavy atom. The van der Waals surface area contributed by atoms with Crippen LogP contribution in [-0.2, 0) is 0 Å². The van der Waals surface area contributed by atoms with Crippen molar-refractivity contribution in [2.45, 2.75) is 43.7 Å². The van der Waals surface area contributed by atoms with E-state index in [-0.39, 0.29) is 23.1 Å². The molecule has 20 heavy (non-hydrogen) atoms. The molecular weight excluding hydrogens is 255 g/mol. The summed E-state index contributed by atoms with van der Waals surface area (Å²) in [6.45, 7) is 0. The van der Waals surface area contributed by atoms with Crippen molar-refractivity contribution in [2.24, 2.45) is 5.73 Å². The van der Waals surface area contributed by atoms with Crippen molar-refractivity contribution in [1.82, 2.24) is 4.90 Å². The highest BCUT2D eigenvalue weighted by molar-refractivity contribution is 5.32. The van der Waals surface area contributed by atoms with E-state index in [4.69, 9.17) is 10.5 Å². The number of halogens is 1. The van der Waals surface area contributed by atoms with Crippen molar-refractivity contribution >= 4 is 0 Å². The molecule has 1 aliphatic rings. The Bertz CT molecular complexity index is 456. The zero-order valence-electron chi connectivity index (χ0n) is 12.7. The summed E-state index contributed by atoms with van der Waals surface area (Å²) in [5, 5.41) is 0. The van der Waals surface area contributed by atoms with Gasteiger partial charge in [-0.05, 0) is 44.6 Å². The average Bonchev–Trinajstić information content (AvgIpc) is 2.47. The minimum Gasteiger partial charge on any atom is -0.494 e. The second-order valence-corrected chi connectivity index (χ2v) is 5.93. The molecule has 0 saturated heterocycles. The number of methoxy groups -OCH3 is 1. The van der Waals surface area contributed by atoms with Gasteiger partial charge in [0.25, 0.3) is 0 Å². The van der Waals surface area contributed by atoms with Crippen LogP contribution in [0.4, 0.5) is 4.39 Å². The molecule has 1 unspecified atom stereocenters. The normalized spacial score (nSPS) is 19.9. The van der Waals surface area contributed by atoms with Crippen LogP contribution in [0.5, 0.6) is 5.75 Å². The maximum Gasteiger partial charge on any atom is 0.165 e. The lowest BCUT2D eigenvalue weighted by Crippen LogP contribution is -2.53. The number of hydrogen-bond acceptors (Lipinski definition) is 3. The molecule has 112 valence electrons. The van der Waals surface area contributed by atoms with Crippen LogP contribution in [0, 0.1) is 5.82 Å². The first kappa shape index (κ1) is 15.3. The van der Waals surface area contributed by atoms with Crippen LogP contribution >= 0.6 is 0 Å². The van der Waals surface area contributed by atoms with E-state index < -0.39 is 0 Å². The summed E-state index contributed by atoms with van der Waals surface area (Å²) in [5.41, 5.74) is 7.29. The average molecular weight is 280 g/mol. The second kappa shape index (κ2) is 6.10. The SMILES string of the molecule is COc1ccc(C(N)C2(N(C)C)CCCCC2)cc1F. The van der Waals surface area contributed by atoms with E-state index >= 15 is 0 Å². The maximum atomic E-state index is 13.9. The fourth-order valence-electron chi connectivity index (χ4n) is 3.39. The van der Waals surface area contributed by atoms with Crippen LogP contribution < -0.4 is 10.5 Å². The summed E-state index contributed by atoms with van der Waals surface area (Å²) in [6, 6.07) is 4.88. The van der Waals surface area contributed by atoms with Crippen molar-refractivity contribution in [1.29, 1.82) is 0 Å². The van der Waals surface area contributed by atoms with Gasteiger partial charge in [-0.3, -0.25) is 0 Å². The number of nitrogens with zero attached hydrogens (tertiary/aromatic N) is 1. The molecule has 1 fully saturated rings. The fourth-order valence-corrected chi connectivity index (χ4v) is 3.39. The first-order valence-electron chi connectivity index (χ1n) is 7.28. The Hall–Kier alpha value is -1.13. The van der Waals surface area contributed by atoms with Crippen molar-refractivity contribution in [3.8, 4) is 5.75 Å². The molecule has 1 aromatic carbocycles. The van der Waals surface area contributed by atoms with Gasteiger partial charge in [-0.1, -0.05) is 25.3 Å². The van der Waals surface area contributed by atoms with Crippen LogP contribution in [-0.4, -0.2) is 31.6 Å². The molecule has 4 heteroatoms. The van der Waals surface area contributed by atoms with E-state index in [2.05, 4.69) is 19.0 Å². The van der Waals surface area contributed by atoms with E-state index in [0.717, 1.165) is 18.4 Å². The summed E-state index contributed by atoms with van der Waals surface area (Å²) < 4.78 is 18.9. The molecule has 0 amide bonds. The van der Waals surface area contributed by atoms with Crippen LogP contribution in [0.15, 0.2) is 18.2 Å². The van der Waals surface area contributed by atoms with E-state index in [1.807, 2.05) is 6.07 Å². The molecule has 3 nitrogen and oxygen atoms in total. The molecule has 0 heterocycles. The van der Waals surface area contributed by atoms with Crippen LogP contribution in [0.1, 0.15) is 43.7 Å². The lowest BCUT2D eigenvalue weighted by Gasteiger charge is -2.47. The van der Waals surface area contributed by atoms with Crippen molar-refractivity contribution in [3.63, 3.8) is 0 Å². The minimum atomic E-state index is -0.342. The molecule has 0 radical (unpaired) electrons. The third kappa shape index (κ3) is 2.67. The molecule has 0 aromatic heterocycles. The monoisotopic (exact) mass is 280 g/mol. The van der Waals surface area contributed by atoms with Gasteiger partial charge < -0.3 is 15.4 Å². The molecule has 1 aliphatic carbocycles. The van der Waals surface area contributed by atoms with Gasteiger partial charge in [0.05, 0.1) is 7.11 Å². The summed E-state index contributed by atoms with van der Waals surface area (Å²) in [4.78, 5) is 2.22. The second-order valence-electron chi connectivity index (χ2n) is 5.93. The summed E-state index contributed by atoms with van der Waals surface area (Å²) in [6.07, 6.45) is 5.76. The molecule has 2 rings (SSSR count). The van der Waals surface area contributed by atoms with Gasteiger partial charge in [0.2, 0.25) is 0 Å². The van der Waals surface area contributed by atoms with Gasteiger partial charge in [0, 0.05) is 11.6 Å². The number of hydrogen-bond donors (Lipinski definition) is 1. The molecule has 2 N–H and O–H groups in total. The highest BCUT2D eigenvalue weighted by atomic mass is 19.1. The topological polar surface area (TPSA) is 38.5 Å². The quantitative estimate of drug-likeness (QED) is 0.921. The molecule has 0 spiro atoms. The first-order valence-corrected chi connectivity index (χ1v) is 7.28. The van der Waals surface area contributed by atoms with Gasteiger partial charge >= 0.3 is 0 Å². The van der Waals surface area contributed by atoms with Crippen molar-refractivity contribution in [3.05, 3.63) is 29.6 Å². The summed E-state index contributed by atoms with van der Waals surface area (Å²) in [5.74, 6) is -0.0753. The highest BCUT2D eigenvalue weighted by Gasteiger charge is 2.40. The van der Waals surface area contributed by atoms with Crippen LogP contribution in [0.3, 0.4) is 0 Å². The molecular formula is C16H25FN2O. The Labute approximate surface area is 120 Å². The Morgan fingerprint density at radius 3 is 2.40 bits per heavy atom. The Balaban J connectivity index is 2.32. The van der Waals surface area contributed by atoms with Gasteiger partial charge in [-0.15, -0.1) is 0 Å². The lowest BCUT2D eigenvalue weighted by atomic mass is 9.73. The van der Waals surface area contributed by atoms with Gasteiger partial charge in [0.15, 0.2) is 11.6 Å². The Kier molecular flexibility index (Phi) is 4.66. The minimum absolute atomic E-state index is 0.0702. The Morgan fingerprint density at radius 1 is 1.25 bits per heavy atom. The number of benzene rings is 1. The highest BCUT2D eigenvalue weighted by Crippen LogP contribution is 2.41. The van der Waals surface area contributed by atoms with Gasteiger partial charge in [-0.25, -0.2) is 4.39 Å². The van der Waals surface area contributed by atoms with Gasteiger partial charge in [0.1, 0.15) is 0 Å². The van der Waals surface area contributed by atoms with E-state index in [1.54, 1.807) is 6.07 Å². The predicted molar refractivity (Wildman–Crippen MR) is 79.4 cm³/mol. The largest absolute Gasteiger partial charge is 0.494 e. The maximum absolute atomic E-state index is 13.9. The van der Waals surface area contributed by atoms with Gasteiger partial charge in [-0.2, -0.15) is 0 Å². The van der Waals surface area contributed by atoms with Crippen molar-refractivity contribution in [2.75, 3.05) is 21.2 Å². The predicted octanol–water partition coefficient (Wildman–Crippen LogP) is 3.10. The molecule has 0 aliphatic heterocycles. The molecule has 1 atom stereocenters. The molecule has 1 saturated carbocycles. The van der Waals surface area contributed by atoms with Crippen LogP contribution in [0.25, 0.3) is 0 Å². The smallest absolute Gasteiger partial charge is 0.165 e. The standard InChI is InChI=1S/C16H25FN2O/c1-19(2)16(9-5-4-6-10-16)15(18)12-7-8-14(20-3)13(17)11-12/h7-8,11,15H,4-6,9-10,18H2,1-3H3. The summed E-state index contributed by atoms with van der Waals surface area (Å²) in [7, 11) is 5.62. The number of ether oxygens (including phenoxy) is 1. The van der Waals surface area contributed by atoms with Crippen LogP contribution in [0.2, 0.25) is 0 Å². The van der Waals surface area contributed by atoms with Crippen molar-refractivity contribution < 1.29 is 9.13 Å². The third-order valence-electron chi connectivity index (χ3n) is 4.72. The zero-order valence-corrected chi connectivity index (χ0v) is 12.7. The van der Waals surface area contributed by atoms with E-state index in [9.17, 15) is 4.39 Å². The zero-order chi connectivity index (χ0) is 14.8. The fraction of sp³-hybridized carbons (Fsp3) is 0.625. The lowest BCUT2D eigenvalue weighted by molar-refractivity contribution is 0.0712.